The van der Waals surface area contributed by atoms with Crippen LogP contribution in [0, 0.1) is 0 Å². The standard InChI is InChI=1S/C24H21Cl2NO3/c25-20-12-11-18(14-21(20)26)19(17-9-5-2-6-10-17)15-23(28)27-22(24(29)30)13-16-7-3-1-4-8-16/h1-12,14,19,22H,13,15H2,(H,27,28)(H,29,30). The van der Waals surface area contributed by atoms with Crippen LogP contribution in [0.4, 0.5) is 0 Å². The third-order valence-corrected chi connectivity index (χ3v) is 5.59. The maximum Gasteiger partial charge on any atom is 0.326 e. The number of aliphatic carboxylic acids is 1. The van der Waals surface area contributed by atoms with E-state index in [1.807, 2.05) is 66.7 Å². The van der Waals surface area contributed by atoms with Crippen LogP contribution >= 0.6 is 23.2 Å². The topological polar surface area (TPSA) is 66.4 Å². The van der Waals surface area contributed by atoms with Gasteiger partial charge in [-0.1, -0.05) is 89.9 Å². The SMILES string of the molecule is O=C(CC(c1ccccc1)c1ccc(Cl)c(Cl)c1)NC(Cc1ccccc1)C(=O)O. The van der Waals surface area contributed by atoms with Crippen molar-refractivity contribution in [3.05, 3.63) is 106 Å². The van der Waals surface area contributed by atoms with Crippen molar-refractivity contribution in [1.82, 2.24) is 5.32 Å². The number of carboxylic acid groups (broad SMARTS) is 1. The Morgan fingerprint density at radius 1 is 0.833 bits per heavy atom. The third kappa shape index (κ3) is 5.85. The van der Waals surface area contributed by atoms with Gasteiger partial charge in [-0.2, -0.15) is 0 Å². The van der Waals surface area contributed by atoms with E-state index in [4.69, 9.17) is 23.2 Å². The molecule has 0 saturated carbocycles. The van der Waals surface area contributed by atoms with Gasteiger partial charge < -0.3 is 10.4 Å². The van der Waals surface area contributed by atoms with E-state index in [0.717, 1.165) is 16.7 Å². The lowest BCUT2D eigenvalue weighted by atomic mass is 9.88. The molecule has 2 atom stereocenters. The Kier molecular flexibility index (Phi) is 7.50. The highest BCUT2D eigenvalue weighted by molar-refractivity contribution is 6.42. The van der Waals surface area contributed by atoms with Crippen molar-refractivity contribution in [2.24, 2.45) is 0 Å². The van der Waals surface area contributed by atoms with E-state index in [2.05, 4.69) is 5.32 Å². The molecule has 0 aliphatic carbocycles. The predicted octanol–water partition coefficient (Wildman–Crippen LogP) is 5.33. The van der Waals surface area contributed by atoms with E-state index in [1.54, 1.807) is 12.1 Å². The zero-order valence-electron chi connectivity index (χ0n) is 16.1. The largest absolute Gasteiger partial charge is 0.480 e. The Hall–Kier alpha value is -2.82. The molecule has 154 valence electrons. The Morgan fingerprint density at radius 3 is 2.07 bits per heavy atom. The number of carboxylic acids is 1. The van der Waals surface area contributed by atoms with Crippen molar-refractivity contribution in [3.8, 4) is 0 Å². The van der Waals surface area contributed by atoms with E-state index < -0.39 is 12.0 Å². The summed E-state index contributed by atoms with van der Waals surface area (Å²) in [6, 6.07) is 23.0. The number of amides is 1. The highest BCUT2D eigenvalue weighted by atomic mass is 35.5. The molecule has 2 N–H and O–H groups in total. The molecular weight excluding hydrogens is 421 g/mol. The molecule has 0 radical (unpaired) electrons. The summed E-state index contributed by atoms with van der Waals surface area (Å²) in [5.41, 5.74) is 2.61. The van der Waals surface area contributed by atoms with Gasteiger partial charge >= 0.3 is 5.97 Å². The van der Waals surface area contributed by atoms with Crippen LogP contribution < -0.4 is 5.32 Å². The van der Waals surface area contributed by atoms with Crippen LogP contribution in [0.3, 0.4) is 0 Å². The number of rotatable bonds is 8. The van der Waals surface area contributed by atoms with E-state index in [0.29, 0.717) is 10.0 Å². The van der Waals surface area contributed by atoms with Gasteiger partial charge in [0, 0.05) is 18.8 Å². The zero-order valence-corrected chi connectivity index (χ0v) is 17.6. The number of benzene rings is 3. The number of carbonyl (C=O) groups is 2. The Labute approximate surface area is 185 Å². The fourth-order valence-corrected chi connectivity index (χ4v) is 3.64. The van der Waals surface area contributed by atoms with Crippen molar-refractivity contribution in [2.45, 2.75) is 24.8 Å². The van der Waals surface area contributed by atoms with Gasteiger partial charge in [-0.25, -0.2) is 4.79 Å². The maximum absolute atomic E-state index is 12.8. The van der Waals surface area contributed by atoms with Crippen LogP contribution in [0.25, 0.3) is 0 Å². The molecule has 3 aromatic rings. The summed E-state index contributed by atoms with van der Waals surface area (Å²) >= 11 is 12.2. The van der Waals surface area contributed by atoms with Gasteiger partial charge in [0.1, 0.15) is 6.04 Å². The van der Waals surface area contributed by atoms with Crippen molar-refractivity contribution < 1.29 is 14.7 Å². The van der Waals surface area contributed by atoms with Crippen LogP contribution in [0.2, 0.25) is 10.0 Å². The molecule has 0 spiro atoms. The molecule has 2 unspecified atom stereocenters. The first-order valence-corrected chi connectivity index (χ1v) is 10.3. The van der Waals surface area contributed by atoms with Crippen LogP contribution in [0.1, 0.15) is 29.0 Å². The van der Waals surface area contributed by atoms with Crippen LogP contribution in [0.5, 0.6) is 0 Å². The van der Waals surface area contributed by atoms with E-state index >= 15 is 0 Å². The lowest BCUT2D eigenvalue weighted by Gasteiger charge is -2.20. The molecule has 3 aromatic carbocycles. The highest BCUT2D eigenvalue weighted by Crippen LogP contribution is 2.32. The molecule has 0 aliphatic heterocycles. The van der Waals surface area contributed by atoms with Crippen molar-refractivity contribution in [1.29, 1.82) is 0 Å². The lowest BCUT2D eigenvalue weighted by Crippen LogP contribution is -2.42. The molecule has 0 heterocycles. The minimum Gasteiger partial charge on any atom is -0.480 e. The van der Waals surface area contributed by atoms with Crippen molar-refractivity contribution in [3.63, 3.8) is 0 Å². The molecule has 3 rings (SSSR count). The smallest absolute Gasteiger partial charge is 0.326 e. The second-order valence-corrected chi connectivity index (χ2v) is 7.80. The Bertz CT molecular complexity index is 1010. The zero-order chi connectivity index (χ0) is 21.5. The summed E-state index contributed by atoms with van der Waals surface area (Å²) in [6.45, 7) is 0. The van der Waals surface area contributed by atoms with Crippen LogP contribution in [-0.4, -0.2) is 23.0 Å². The Balaban J connectivity index is 1.80. The second kappa shape index (κ2) is 10.3. The molecule has 0 aromatic heterocycles. The average molecular weight is 442 g/mol. The van der Waals surface area contributed by atoms with Gasteiger partial charge in [0.2, 0.25) is 5.91 Å². The monoisotopic (exact) mass is 441 g/mol. The molecule has 1 amide bonds. The van der Waals surface area contributed by atoms with Crippen molar-refractivity contribution >= 4 is 35.1 Å². The molecule has 0 aliphatic rings. The lowest BCUT2D eigenvalue weighted by molar-refractivity contribution is -0.141. The summed E-state index contributed by atoms with van der Waals surface area (Å²) in [5, 5.41) is 13.1. The highest BCUT2D eigenvalue weighted by Gasteiger charge is 2.24. The fraction of sp³-hybridized carbons (Fsp3) is 0.167. The summed E-state index contributed by atoms with van der Waals surface area (Å²) in [6.07, 6.45) is 0.297. The molecule has 4 nitrogen and oxygen atoms in total. The predicted molar refractivity (Wildman–Crippen MR) is 119 cm³/mol. The molecule has 6 heteroatoms. The van der Waals surface area contributed by atoms with Crippen molar-refractivity contribution in [2.75, 3.05) is 0 Å². The number of nitrogens with one attached hydrogen (secondary N) is 1. The molecular formula is C24H21Cl2NO3. The van der Waals surface area contributed by atoms with Gasteiger partial charge in [-0.05, 0) is 28.8 Å². The molecule has 0 bridgehead atoms. The van der Waals surface area contributed by atoms with Gasteiger partial charge in [0.05, 0.1) is 10.0 Å². The van der Waals surface area contributed by atoms with Gasteiger partial charge in [0.25, 0.3) is 0 Å². The first kappa shape index (κ1) is 21.9. The first-order valence-electron chi connectivity index (χ1n) is 9.50. The normalized spacial score (nSPS) is 12.7. The van der Waals surface area contributed by atoms with Crippen LogP contribution in [0.15, 0.2) is 78.9 Å². The third-order valence-electron chi connectivity index (χ3n) is 4.85. The maximum atomic E-state index is 12.8. The quantitative estimate of drug-likeness (QED) is 0.496. The number of hydrogen-bond donors (Lipinski definition) is 2. The van der Waals surface area contributed by atoms with Crippen LogP contribution in [-0.2, 0) is 16.0 Å². The summed E-state index contributed by atoms with van der Waals surface area (Å²) < 4.78 is 0. The average Bonchev–Trinajstić information content (AvgIpc) is 2.75. The summed E-state index contributed by atoms with van der Waals surface area (Å²) in [4.78, 5) is 24.5. The fourth-order valence-electron chi connectivity index (χ4n) is 3.33. The Morgan fingerprint density at radius 2 is 1.47 bits per heavy atom. The van der Waals surface area contributed by atoms with E-state index in [1.165, 1.54) is 0 Å². The molecule has 0 saturated heterocycles. The summed E-state index contributed by atoms with van der Waals surface area (Å²) in [5.74, 6) is -1.71. The van der Waals surface area contributed by atoms with E-state index in [9.17, 15) is 14.7 Å². The van der Waals surface area contributed by atoms with E-state index in [-0.39, 0.29) is 24.7 Å². The molecule has 0 fully saturated rings. The number of carbonyl (C=O) groups excluding carboxylic acids is 1. The number of hydrogen-bond acceptors (Lipinski definition) is 2. The van der Waals surface area contributed by atoms with Gasteiger partial charge in [-0.3, -0.25) is 4.79 Å². The van der Waals surface area contributed by atoms with Gasteiger partial charge in [-0.15, -0.1) is 0 Å². The minimum atomic E-state index is -1.07. The first-order chi connectivity index (χ1) is 14.4. The number of halogens is 2. The van der Waals surface area contributed by atoms with Gasteiger partial charge in [0.15, 0.2) is 0 Å². The second-order valence-electron chi connectivity index (χ2n) is 6.99. The minimum absolute atomic E-state index is 0.0839. The molecule has 30 heavy (non-hydrogen) atoms. The summed E-state index contributed by atoms with van der Waals surface area (Å²) in [7, 11) is 0.